The number of likely N-dealkylation sites (tertiary alicyclic amines) is 1. The van der Waals surface area contributed by atoms with Crippen LogP contribution in [0.5, 0.6) is 0 Å². The van der Waals surface area contributed by atoms with E-state index in [1.54, 1.807) is 24.0 Å². The van der Waals surface area contributed by atoms with Crippen LogP contribution in [0.1, 0.15) is 30.3 Å². The normalized spacial score (nSPS) is 18.6. The highest BCUT2D eigenvalue weighted by Gasteiger charge is 2.27. The predicted molar refractivity (Wildman–Crippen MR) is 70.7 cm³/mol. The molecule has 0 bridgehead atoms. The SMILES string of the molecule is CC(O)C1CCN(C(=O)c2cccn2CC(F)F)CC1. The van der Waals surface area contributed by atoms with E-state index in [-0.39, 0.29) is 17.9 Å². The Labute approximate surface area is 117 Å². The Hall–Kier alpha value is -1.43. The number of hydrogen-bond acceptors (Lipinski definition) is 2. The van der Waals surface area contributed by atoms with Gasteiger partial charge in [0.15, 0.2) is 0 Å². The van der Waals surface area contributed by atoms with E-state index >= 15 is 0 Å². The summed E-state index contributed by atoms with van der Waals surface area (Å²) in [5.41, 5.74) is 0.306. The van der Waals surface area contributed by atoms with Gasteiger partial charge in [-0.3, -0.25) is 4.79 Å². The molecule has 1 amide bonds. The van der Waals surface area contributed by atoms with Gasteiger partial charge in [0.25, 0.3) is 12.3 Å². The summed E-state index contributed by atoms with van der Waals surface area (Å²) in [4.78, 5) is 14.0. The number of aromatic nitrogens is 1. The maximum atomic E-state index is 12.5. The van der Waals surface area contributed by atoms with Gasteiger partial charge in [0.2, 0.25) is 0 Å². The second-order valence-corrected chi connectivity index (χ2v) is 5.31. The average molecular weight is 286 g/mol. The van der Waals surface area contributed by atoms with Crippen molar-refractivity contribution < 1.29 is 18.7 Å². The Morgan fingerprint density at radius 2 is 2.10 bits per heavy atom. The summed E-state index contributed by atoms with van der Waals surface area (Å²) in [6.45, 7) is 2.43. The Bertz CT molecular complexity index is 452. The summed E-state index contributed by atoms with van der Waals surface area (Å²) >= 11 is 0. The van der Waals surface area contributed by atoms with E-state index in [0.29, 0.717) is 18.8 Å². The van der Waals surface area contributed by atoms with E-state index in [9.17, 15) is 18.7 Å². The lowest BCUT2D eigenvalue weighted by molar-refractivity contribution is 0.0508. The zero-order chi connectivity index (χ0) is 14.7. The van der Waals surface area contributed by atoms with Crippen LogP contribution in [0.25, 0.3) is 0 Å². The van der Waals surface area contributed by atoms with Gasteiger partial charge in [-0.2, -0.15) is 0 Å². The molecule has 1 aromatic heterocycles. The van der Waals surface area contributed by atoms with Crippen molar-refractivity contribution >= 4 is 5.91 Å². The third kappa shape index (κ3) is 3.36. The maximum Gasteiger partial charge on any atom is 0.270 e. The fourth-order valence-corrected chi connectivity index (χ4v) is 2.66. The van der Waals surface area contributed by atoms with Gasteiger partial charge in [-0.25, -0.2) is 8.78 Å². The molecule has 2 heterocycles. The van der Waals surface area contributed by atoms with Crippen LogP contribution in [0.15, 0.2) is 18.3 Å². The summed E-state index contributed by atoms with van der Waals surface area (Å²) in [6, 6.07) is 3.18. The molecule has 1 aliphatic heterocycles. The van der Waals surface area contributed by atoms with E-state index in [1.165, 1.54) is 10.8 Å². The second-order valence-electron chi connectivity index (χ2n) is 5.31. The number of halogens is 2. The molecule has 0 aromatic carbocycles. The molecule has 1 saturated heterocycles. The van der Waals surface area contributed by atoms with Crippen LogP contribution in [0.4, 0.5) is 8.78 Å². The molecule has 1 N–H and O–H groups in total. The minimum atomic E-state index is -2.48. The second kappa shape index (κ2) is 6.35. The van der Waals surface area contributed by atoms with Gasteiger partial charge in [0.1, 0.15) is 5.69 Å². The zero-order valence-corrected chi connectivity index (χ0v) is 11.5. The topological polar surface area (TPSA) is 45.5 Å². The molecule has 112 valence electrons. The Morgan fingerprint density at radius 1 is 1.45 bits per heavy atom. The number of piperidine rings is 1. The van der Waals surface area contributed by atoms with Gasteiger partial charge >= 0.3 is 0 Å². The minimum Gasteiger partial charge on any atom is -0.393 e. The molecule has 1 atom stereocenters. The number of nitrogens with zero attached hydrogens (tertiary/aromatic N) is 2. The predicted octanol–water partition coefficient (Wildman–Crippen LogP) is 1.99. The molecule has 1 unspecified atom stereocenters. The lowest BCUT2D eigenvalue weighted by Gasteiger charge is -2.33. The molecular formula is C14H20F2N2O2. The molecule has 1 fully saturated rings. The first kappa shape index (κ1) is 15.0. The molecule has 4 nitrogen and oxygen atoms in total. The van der Waals surface area contributed by atoms with Gasteiger partial charge in [-0.1, -0.05) is 0 Å². The van der Waals surface area contributed by atoms with Crippen LogP contribution in [-0.4, -0.2) is 46.1 Å². The smallest absolute Gasteiger partial charge is 0.270 e. The lowest BCUT2D eigenvalue weighted by atomic mass is 9.92. The van der Waals surface area contributed by atoms with Crippen molar-refractivity contribution in [3.05, 3.63) is 24.0 Å². The highest BCUT2D eigenvalue weighted by molar-refractivity contribution is 5.92. The van der Waals surface area contributed by atoms with Crippen molar-refractivity contribution in [3.8, 4) is 0 Å². The van der Waals surface area contributed by atoms with Gasteiger partial charge in [-0.15, -0.1) is 0 Å². The number of hydrogen-bond donors (Lipinski definition) is 1. The van der Waals surface area contributed by atoms with Gasteiger partial charge < -0.3 is 14.6 Å². The Kier molecular flexibility index (Phi) is 4.75. The van der Waals surface area contributed by atoms with E-state index in [1.807, 2.05) is 0 Å². The van der Waals surface area contributed by atoms with Crippen LogP contribution in [0.3, 0.4) is 0 Å². The van der Waals surface area contributed by atoms with Crippen LogP contribution in [0.2, 0.25) is 0 Å². The molecule has 0 radical (unpaired) electrons. The molecule has 20 heavy (non-hydrogen) atoms. The first-order chi connectivity index (χ1) is 9.49. The fourth-order valence-electron chi connectivity index (χ4n) is 2.66. The summed E-state index contributed by atoms with van der Waals surface area (Å²) in [6.07, 6.45) is 0.157. The van der Waals surface area contributed by atoms with Gasteiger partial charge in [-0.05, 0) is 37.8 Å². The molecular weight excluding hydrogens is 266 g/mol. The van der Waals surface area contributed by atoms with E-state index in [0.717, 1.165) is 12.8 Å². The van der Waals surface area contributed by atoms with Crippen molar-refractivity contribution in [3.63, 3.8) is 0 Å². The lowest BCUT2D eigenvalue weighted by Crippen LogP contribution is -2.41. The number of carbonyl (C=O) groups excluding carboxylic acids is 1. The zero-order valence-electron chi connectivity index (χ0n) is 11.5. The number of carbonyl (C=O) groups is 1. The van der Waals surface area contributed by atoms with Gasteiger partial charge in [0.05, 0.1) is 12.6 Å². The fraction of sp³-hybridized carbons (Fsp3) is 0.643. The summed E-state index contributed by atoms with van der Waals surface area (Å²) < 4.78 is 26.2. The third-order valence-corrected chi connectivity index (χ3v) is 3.89. The monoisotopic (exact) mass is 286 g/mol. The highest BCUT2D eigenvalue weighted by atomic mass is 19.3. The van der Waals surface area contributed by atoms with Crippen molar-refractivity contribution in [2.24, 2.45) is 5.92 Å². The minimum absolute atomic E-state index is 0.209. The largest absolute Gasteiger partial charge is 0.393 e. The molecule has 1 aromatic rings. The van der Waals surface area contributed by atoms with E-state index in [2.05, 4.69) is 0 Å². The molecule has 1 aliphatic rings. The highest BCUT2D eigenvalue weighted by Crippen LogP contribution is 2.22. The van der Waals surface area contributed by atoms with Crippen LogP contribution < -0.4 is 0 Å². The third-order valence-electron chi connectivity index (χ3n) is 3.89. The molecule has 0 saturated carbocycles. The average Bonchev–Trinajstić information content (AvgIpc) is 2.85. The standard InChI is InChI=1S/C14H20F2N2O2/c1-10(19)11-4-7-17(8-5-11)14(20)12-3-2-6-18(12)9-13(15)16/h2-3,6,10-11,13,19H,4-5,7-9H2,1H3. The van der Waals surface area contributed by atoms with Crippen molar-refractivity contribution in [2.75, 3.05) is 13.1 Å². The molecule has 0 aliphatic carbocycles. The maximum absolute atomic E-state index is 12.5. The van der Waals surface area contributed by atoms with Crippen molar-refractivity contribution in [2.45, 2.75) is 38.8 Å². The van der Waals surface area contributed by atoms with Crippen LogP contribution in [0, 0.1) is 5.92 Å². The van der Waals surface area contributed by atoms with Crippen molar-refractivity contribution in [1.82, 2.24) is 9.47 Å². The molecule has 2 rings (SSSR count). The number of aliphatic hydroxyl groups excluding tert-OH is 1. The van der Waals surface area contributed by atoms with Gasteiger partial charge in [0, 0.05) is 19.3 Å². The first-order valence-electron chi connectivity index (χ1n) is 6.89. The van der Waals surface area contributed by atoms with Crippen LogP contribution >= 0.6 is 0 Å². The van der Waals surface area contributed by atoms with E-state index in [4.69, 9.17) is 0 Å². The van der Waals surface area contributed by atoms with E-state index < -0.39 is 13.0 Å². The number of rotatable bonds is 4. The number of aliphatic hydroxyl groups is 1. The Balaban J connectivity index is 2.00. The summed E-state index contributed by atoms with van der Waals surface area (Å²) in [5, 5.41) is 9.54. The quantitative estimate of drug-likeness (QED) is 0.920. The molecule has 6 heteroatoms. The number of alkyl halides is 2. The first-order valence-corrected chi connectivity index (χ1v) is 6.89. The Morgan fingerprint density at radius 3 is 2.65 bits per heavy atom. The summed E-state index contributed by atoms with van der Waals surface area (Å²) in [5.74, 6) is 0.00610. The van der Waals surface area contributed by atoms with Crippen LogP contribution in [-0.2, 0) is 6.54 Å². The summed E-state index contributed by atoms with van der Waals surface area (Å²) in [7, 11) is 0. The van der Waals surface area contributed by atoms with Crippen molar-refractivity contribution in [1.29, 1.82) is 0 Å². The molecule has 0 spiro atoms. The number of amides is 1.